The topological polar surface area (TPSA) is 47.6 Å². The maximum absolute atomic E-state index is 12.5. The molecule has 0 radical (unpaired) electrons. The maximum atomic E-state index is 12.5. The van der Waals surface area contributed by atoms with Crippen molar-refractivity contribution in [2.45, 2.75) is 32.7 Å². The lowest BCUT2D eigenvalue weighted by molar-refractivity contribution is -0.137. The van der Waals surface area contributed by atoms with Crippen LogP contribution in [0.25, 0.3) is 0 Å². The van der Waals surface area contributed by atoms with Gasteiger partial charge in [0.05, 0.1) is 18.2 Å². The number of nitrogens with two attached hydrogens (primary N) is 1. The standard InChI is InChI=1S/C18H19F3N2O/c1-12(2)24-16-5-3-4-14(10-16)17(22)23-11-13-6-8-15(9-7-13)18(19,20)21/h3-10,12H,11H2,1-2H3,(H2,22,23). The van der Waals surface area contributed by atoms with Crippen molar-refractivity contribution in [3.05, 3.63) is 65.2 Å². The molecule has 0 spiro atoms. The largest absolute Gasteiger partial charge is 0.491 e. The summed E-state index contributed by atoms with van der Waals surface area (Å²) in [6, 6.07) is 12.1. The Hall–Kier alpha value is -2.50. The van der Waals surface area contributed by atoms with E-state index in [2.05, 4.69) is 4.99 Å². The third-order valence-corrected chi connectivity index (χ3v) is 3.21. The van der Waals surface area contributed by atoms with Crippen molar-refractivity contribution in [3.63, 3.8) is 0 Å². The monoisotopic (exact) mass is 336 g/mol. The average molecular weight is 336 g/mol. The van der Waals surface area contributed by atoms with Crippen LogP contribution < -0.4 is 10.5 Å². The fraction of sp³-hybridized carbons (Fsp3) is 0.278. The molecule has 2 N–H and O–H groups in total. The fourth-order valence-electron chi connectivity index (χ4n) is 2.07. The predicted molar refractivity (Wildman–Crippen MR) is 88.1 cm³/mol. The van der Waals surface area contributed by atoms with E-state index in [-0.39, 0.29) is 12.6 Å². The molecular formula is C18H19F3N2O. The minimum atomic E-state index is -4.34. The number of benzene rings is 2. The van der Waals surface area contributed by atoms with Crippen molar-refractivity contribution in [1.29, 1.82) is 0 Å². The van der Waals surface area contributed by atoms with Crippen LogP contribution in [0.5, 0.6) is 5.75 Å². The smallest absolute Gasteiger partial charge is 0.416 e. The number of halogens is 3. The van der Waals surface area contributed by atoms with E-state index in [1.54, 1.807) is 12.1 Å². The highest BCUT2D eigenvalue weighted by Crippen LogP contribution is 2.29. The van der Waals surface area contributed by atoms with Gasteiger partial charge in [-0.1, -0.05) is 24.3 Å². The van der Waals surface area contributed by atoms with Crippen molar-refractivity contribution < 1.29 is 17.9 Å². The fourth-order valence-corrected chi connectivity index (χ4v) is 2.07. The Labute approximate surface area is 139 Å². The molecule has 0 unspecified atom stereocenters. The van der Waals surface area contributed by atoms with Crippen molar-refractivity contribution in [2.24, 2.45) is 10.7 Å². The predicted octanol–water partition coefficient (Wildman–Crippen LogP) is 4.40. The van der Waals surface area contributed by atoms with Crippen LogP contribution in [0.4, 0.5) is 13.2 Å². The van der Waals surface area contributed by atoms with Crippen molar-refractivity contribution in [3.8, 4) is 5.75 Å². The molecule has 0 fully saturated rings. The van der Waals surface area contributed by atoms with E-state index < -0.39 is 11.7 Å². The quantitative estimate of drug-likeness (QED) is 0.650. The first kappa shape index (κ1) is 17.8. The number of hydrogen-bond acceptors (Lipinski definition) is 2. The summed E-state index contributed by atoms with van der Waals surface area (Å²) in [7, 11) is 0. The summed E-state index contributed by atoms with van der Waals surface area (Å²) in [5.74, 6) is 0.999. The second kappa shape index (κ2) is 7.38. The maximum Gasteiger partial charge on any atom is 0.416 e. The number of nitrogens with zero attached hydrogens (tertiary/aromatic N) is 1. The van der Waals surface area contributed by atoms with Crippen LogP contribution in [-0.4, -0.2) is 11.9 Å². The molecule has 2 rings (SSSR count). The summed E-state index contributed by atoms with van der Waals surface area (Å²) in [5, 5.41) is 0. The highest BCUT2D eigenvalue weighted by molar-refractivity contribution is 5.97. The van der Waals surface area contributed by atoms with Crippen LogP contribution in [0, 0.1) is 0 Å². The van der Waals surface area contributed by atoms with Crippen molar-refractivity contribution in [1.82, 2.24) is 0 Å². The second-order valence-electron chi connectivity index (χ2n) is 5.59. The third kappa shape index (κ3) is 5.01. The molecular weight excluding hydrogens is 317 g/mol. The molecule has 0 aliphatic rings. The Morgan fingerprint density at radius 1 is 1.12 bits per heavy atom. The summed E-state index contributed by atoms with van der Waals surface area (Å²) in [6.45, 7) is 4.06. The molecule has 0 saturated carbocycles. The molecule has 24 heavy (non-hydrogen) atoms. The average Bonchev–Trinajstić information content (AvgIpc) is 2.52. The van der Waals surface area contributed by atoms with Crippen molar-refractivity contribution in [2.75, 3.05) is 0 Å². The molecule has 0 aliphatic heterocycles. The molecule has 0 atom stereocenters. The summed E-state index contributed by atoms with van der Waals surface area (Å²) in [6.07, 6.45) is -4.29. The van der Waals surface area contributed by atoms with E-state index in [4.69, 9.17) is 10.5 Å². The number of alkyl halides is 3. The minimum Gasteiger partial charge on any atom is -0.491 e. The normalized spacial score (nSPS) is 12.5. The van der Waals surface area contributed by atoms with Crippen LogP contribution in [-0.2, 0) is 12.7 Å². The van der Waals surface area contributed by atoms with Gasteiger partial charge in [0.2, 0.25) is 0 Å². The Morgan fingerprint density at radius 3 is 2.38 bits per heavy atom. The minimum absolute atomic E-state index is 0.0468. The van der Waals surface area contributed by atoms with Gasteiger partial charge < -0.3 is 10.5 Å². The lowest BCUT2D eigenvalue weighted by Crippen LogP contribution is -2.14. The van der Waals surface area contributed by atoms with Gasteiger partial charge in [0.15, 0.2) is 0 Å². The molecule has 128 valence electrons. The van der Waals surface area contributed by atoms with E-state index in [9.17, 15) is 13.2 Å². The molecule has 0 saturated heterocycles. The molecule has 0 aromatic heterocycles. The highest BCUT2D eigenvalue weighted by atomic mass is 19.4. The molecule has 0 amide bonds. The SMILES string of the molecule is CC(C)Oc1cccc(C(N)=NCc2ccc(C(F)(F)F)cc2)c1. The van der Waals surface area contributed by atoms with E-state index >= 15 is 0 Å². The van der Waals surface area contributed by atoms with E-state index in [1.807, 2.05) is 26.0 Å². The number of amidine groups is 1. The van der Waals surface area contributed by atoms with Gasteiger partial charge in [-0.2, -0.15) is 13.2 Å². The Morgan fingerprint density at radius 2 is 1.79 bits per heavy atom. The van der Waals surface area contributed by atoms with Gasteiger partial charge in [0.25, 0.3) is 0 Å². The second-order valence-corrected chi connectivity index (χ2v) is 5.59. The molecule has 0 bridgehead atoms. The van der Waals surface area contributed by atoms with Gasteiger partial charge in [0.1, 0.15) is 11.6 Å². The zero-order valence-electron chi connectivity index (χ0n) is 13.5. The number of aliphatic imine (C=N–C) groups is 1. The molecule has 6 heteroatoms. The Balaban J connectivity index is 2.08. The number of ether oxygens (including phenoxy) is 1. The van der Waals surface area contributed by atoms with Gasteiger partial charge in [-0.15, -0.1) is 0 Å². The van der Waals surface area contributed by atoms with Gasteiger partial charge >= 0.3 is 6.18 Å². The van der Waals surface area contributed by atoms with E-state index in [0.29, 0.717) is 22.7 Å². The molecule has 0 heterocycles. The Bertz CT molecular complexity index is 707. The first-order chi connectivity index (χ1) is 11.3. The summed E-state index contributed by atoms with van der Waals surface area (Å²) in [5.41, 5.74) is 6.64. The van der Waals surface area contributed by atoms with Crippen LogP contribution in [0.3, 0.4) is 0 Å². The van der Waals surface area contributed by atoms with Crippen molar-refractivity contribution >= 4 is 5.84 Å². The highest BCUT2D eigenvalue weighted by Gasteiger charge is 2.29. The van der Waals surface area contributed by atoms with Crippen LogP contribution in [0.1, 0.15) is 30.5 Å². The van der Waals surface area contributed by atoms with Gasteiger partial charge in [-0.05, 0) is 43.7 Å². The van der Waals surface area contributed by atoms with Gasteiger partial charge in [0, 0.05) is 5.56 Å². The summed E-state index contributed by atoms with van der Waals surface area (Å²) >= 11 is 0. The summed E-state index contributed by atoms with van der Waals surface area (Å²) < 4.78 is 43.2. The van der Waals surface area contributed by atoms with Crippen LogP contribution >= 0.6 is 0 Å². The lowest BCUT2D eigenvalue weighted by Gasteiger charge is -2.11. The molecule has 0 aliphatic carbocycles. The molecule has 3 nitrogen and oxygen atoms in total. The molecule has 2 aromatic rings. The van der Waals surface area contributed by atoms with Gasteiger partial charge in [-0.3, -0.25) is 4.99 Å². The number of rotatable bonds is 5. The first-order valence-electron chi connectivity index (χ1n) is 7.49. The first-order valence-corrected chi connectivity index (χ1v) is 7.49. The van der Waals surface area contributed by atoms with Gasteiger partial charge in [-0.25, -0.2) is 0 Å². The van der Waals surface area contributed by atoms with E-state index in [0.717, 1.165) is 12.1 Å². The Kier molecular flexibility index (Phi) is 5.49. The lowest BCUT2D eigenvalue weighted by atomic mass is 10.1. The van der Waals surface area contributed by atoms with Crippen LogP contribution in [0.15, 0.2) is 53.5 Å². The summed E-state index contributed by atoms with van der Waals surface area (Å²) in [4.78, 5) is 4.23. The zero-order chi connectivity index (χ0) is 17.7. The molecule has 2 aromatic carbocycles. The van der Waals surface area contributed by atoms with Crippen LogP contribution in [0.2, 0.25) is 0 Å². The number of hydrogen-bond donors (Lipinski definition) is 1. The van der Waals surface area contributed by atoms with E-state index in [1.165, 1.54) is 12.1 Å². The third-order valence-electron chi connectivity index (χ3n) is 3.21. The zero-order valence-corrected chi connectivity index (χ0v) is 13.5.